The molecule has 5 aromatic carbocycles. The van der Waals surface area contributed by atoms with Crippen molar-refractivity contribution in [3.05, 3.63) is 120 Å². The van der Waals surface area contributed by atoms with Crippen LogP contribution < -0.4 is 0 Å². The largest absolute Gasteiger partial charge is 0.307 e. The Balaban J connectivity index is 1.81. The summed E-state index contributed by atoms with van der Waals surface area (Å²) in [5.41, 5.74) is 6.65. The Morgan fingerprint density at radius 3 is 1.63 bits per heavy atom. The maximum Gasteiger partial charge on any atom is 0.101 e. The Kier molecular flexibility index (Phi) is 4.57. The number of rotatable bonds is 2. The van der Waals surface area contributed by atoms with Crippen molar-refractivity contribution < 1.29 is 0 Å². The van der Waals surface area contributed by atoms with Crippen LogP contribution in [-0.4, -0.2) is 9.13 Å². The van der Waals surface area contributed by atoms with Gasteiger partial charge in [-0.3, -0.25) is 0 Å². The minimum atomic E-state index is 0.429. The van der Waals surface area contributed by atoms with Crippen molar-refractivity contribution in [2.75, 3.05) is 0 Å². The summed E-state index contributed by atoms with van der Waals surface area (Å²) in [6.07, 6.45) is 0. The van der Waals surface area contributed by atoms with Crippen LogP contribution in [0.4, 0.5) is 0 Å². The van der Waals surface area contributed by atoms with Gasteiger partial charge in [0.05, 0.1) is 50.5 Å². The monoisotopic (exact) mass is 483 g/mol. The zero-order valence-electron chi connectivity index (χ0n) is 20.1. The first kappa shape index (κ1) is 21.5. The SMILES string of the molecule is N#Cc1cccc(-n2c3ccccc3c3ccc4c5ccccc5n(-c5c(C#N)cccc5C#N)c4c32)c1. The van der Waals surface area contributed by atoms with E-state index < -0.39 is 0 Å². The van der Waals surface area contributed by atoms with E-state index in [9.17, 15) is 15.8 Å². The minimum absolute atomic E-state index is 0.429. The van der Waals surface area contributed by atoms with Crippen LogP contribution in [0, 0.1) is 34.0 Å². The Morgan fingerprint density at radius 2 is 1.03 bits per heavy atom. The molecule has 0 spiro atoms. The molecule has 2 heterocycles. The van der Waals surface area contributed by atoms with Gasteiger partial charge in [-0.05, 0) is 42.5 Å². The molecule has 0 saturated carbocycles. The van der Waals surface area contributed by atoms with Gasteiger partial charge in [0.25, 0.3) is 0 Å². The van der Waals surface area contributed by atoms with Gasteiger partial charge in [0, 0.05) is 27.2 Å². The fourth-order valence-electron chi connectivity index (χ4n) is 5.68. The van der Waals surface area contributed by atoms with Gasteiger partial charge >= 0.3 is 0 Å². The molecular formula is C33H17N5. The van der Waals surface area contributed by atoms with Gasteiger partial charge in [-0.15, -0.1) is 0 Å². The van der Waals surface area contributed by atoms with Crippen LogP contribution in [0.5, 0.6) is 0 Å². The summed E-state index contributed by atoms with van der Waals surface area (Å²) in [4.78, 5) is 0. The van der Waals surface area contributed by atoms with Crippen molar-refractivity contribution in [3.63, 3.8) is 0 Å². The lowest BCUT2D eigenvalue weighted by Gasteiger charge is -2.14. The smallest absolute Gasteiger partial charge is 0.101 e. The number of para-hydroxylation sites is 3. The highest BCUT2D eigenvalue weighted by molar-refractivity contribution is 6.23. The molecule has 0 aliphatic rings. The first-order valence-corrected chi connectivity index (χ1v) is 12.1. The van der Waals surface area contributed by atoms with E-state index >= 15 is 0 Å². The lowest BCUT2D eigenvalue weighted by molar-refractivity contribution is 1.13. The van der Waals surface area contributed by atoms with Gasteiger partial charge in [-0.25, -0.2) is 0 Å². The van der Waals surface area contributed by atoms with E-state index in [-0.39, 0.29) is 0 Å². The van der Waals surface area contributed by atoms with E-state index in [2.05, 4.69) is 57.7 Å². The van der Waals surface area contributed by atoms with Crippen LogP contribution >= 0.6 is 0 Å². The second-order valence-electron chi connectivity index (χ2n) is 9.15. The molecule has 0 saturated heterocycles. The predicted molar refractivity (Wildman–Crippen MR) is 149 cm³/mol. The third-order valence-corrected chi connectivity index (χ3v) is 7.20. The maximum absolute atomic E-state index is 10.1. The summed E-state index contributed by atoms with van der Waals surface area (Å²) >= 11 is 0. The summed E-state index contributed by atoms with van der Waals surface area (Å²) in [7, 11) is 0. The third-order valence-electron chi connectivity index (χ3n) is 7.20. The second-order valence-corrected chi connectivity index (χ2v) is 9.15. The normalized spacial score (nSPS) is 11.1. The van der Waals surface area contributed by atoms with Gasteiger partial charge in [-0.1, -0.05) is 60.7 Å². The molecule has 38 heavy (non-hydrogen) atoms. The zero-order chi connectivity index (χ0) is 25.8. The molecule has 7 aromatic rings. The van der Waals surface area contributed by atoms with Crippen LogP contribution in [-0.2, 0) is 0 Å². The molecule has 0 aliphatic heterocycles. The predicted octanol–water partition coefficient (Wildman–Crippen LogP) is 7.50. The van der Waals surface area contributed by atoms with Crippen molar-refractivity contribution in [2.45, 2.75) is 0 Å². The van der Waals surface area contributed by atoms with Gasteiger partial charge in [0.15, 0.2) is 0 Å². The van der Waals surface area contributed by atoms with Crippen molar-refractivity contribution in [1.29, 1.82) is 15.8 Å². The highest BCUT2D eigenvalue weighted by Gasteiger charge is 2.23. The van der Waals surface area contributed by atoms with Crippen molar-refractivity contribution >= 4 is 43.6 Å². The number of benzene rings is 5. The molecule has 7 rings (SSSR count). The van der Waals surface area contributed by atoms with Gasteiger partial charge in [0.1, 0.15) is 12.1 Å². The molecule has 5 heteroatoms. The van der Waals surface area contributed by atoms with Crippen LogP contribution in [0.15, 0.2) is 103 Å². The molecule has 0 amide bonds. The van der Waals surface area contributed by atoms with E-state index in [1.807, 2.05) is 48.5 Å². The fraction of sp³-hybridized carbons (Fsp3) is 0. The lowest BCUT2D eigenvalue weighted by Crippen LogP contribution is -2.03. The van der Waals surface area contributed by atoms with Crippen molar-refractivity contribution in [1.82, 2.24) is 9.13 Å². The van der Waals surface area contributed by atoms with Gasteiger partial charge in [0.2, 0.25) is 0 Å². The molecule has 0 atom stereocenters. The standard InChI is InChI=1S/C33H17N5/c34-18-21-7-5-10-24(17-21)37-29-13-3-1-11-25(29)27-15-16-28-26-12-2-4-14-30(26)38(33(28)32(27)37)31-22(19-35)8-6-9-23(31)20-36/h1-17H. The van der Waals surface area contributed by atoms with Crippen molar-refractivity contribution in [2.24, 2.45) is 0 Å². The van der Waals surface area contributed by atoms with Crippen LogP contribution in [0.1, 0.15) is 16.7 Å². The average Bonchev–Trinajstić information content (AvgIpc) is 3.49. The summed E-state index contributed by atoms with van der Waals surface area (Å²) < 4.78 is 4.25. The van der Waals surface area contributed by atoms with Crippen LogP contribution in [0.25, 0.3) is 55.0 Å². The average molecular weight is 484 g/mol. The fourth-order valence-corrected chi connectivity index (χ4v) is 5.68. The molecule has 0 unspecified atom stereocenters. The molecule has 0 aliphatic carbocycles. The van der Waals surface area contributed by atoms with E-state index in [0.717, 1.165) is 49.3 Å². The van der Waals surface area contributed by atoms with E-state index in [1.165, 1.54) is 0 Å². The highest BCUT2D eigenvalue weighted by Crippen LogP contribution is 2.42. The number of aromatic nitrogens is 2. The third kappa shape index (κ3) is 2.83. The van der Waals surface area contributed by atoms with Gasteiger partial charge in [-0.2, -0.15) is 15.8 Å². The Morgan fingerprint density at radius 1 is 0.474 bits per heavy atom. The Bertz CT molecular complexity index is 2190. The zero-order valence-corrected chi connectivity index (χ0v) is 20.1. The molecular weight excluding hydrogens is 466 g/mol. The molecule has 2 aromatic heterocycles. The summed E-state index contributed by atoms with van der Waals surface area (Å²) in [5.74, 6) is 0. The second kappa shape index (κ2) is 8.10. The summed E-state index contributed by atoms with van der Waals surface area (Å²) in [6, 6.07) is 40.3. The molecule has 5 nitrogen and oxygen atoms in total. The van der Waals surface area contributed by atoms with Crippen LogP contribution in [0.2, 0.25) is 0 Å². The molecule has 0 bridgehead atoms. The summed E-state index contributed by atoms with van der Waals surface area (Å²) in [5, 5.41) is 34.0. The number of fused-ring (bicyclic) bond motifs is 7. The first-order chi connectivity index (χ1) is 18.7. The van der Waals surface area contributed by atoms with E-state index in [4.69, 9.17) is 0 Å². The summed E-state index contributed by atoms with van der Waals surface area (Å²) in [6.45, 7) is 0. The van der Waals surface area contributed by atoms with Crippen molar-refractivity contribution in [3.8, 4) is 29.6 Å². The first-order valence-electron chi connectivity index (χ1n) is 12.1. The molecule has 0 radical (unpaired) electrons. The number of nitriles is 3. The van der Waals surface area contributed by atoms with E-state index in [1.54, 1.807) is 24.3 Å². The minimum Gasteiger partial charge on any atom is -0.307 e. The number of nitrogens with zero attached hydrogens (tertiary/aromatic N) is 5. The molecule has 0 fully saturated rings. The maximum atomic E-state index is 10.1. The number of hydrogen-bond acceptors (Lipinski definition) is 3. The van der Waals surface area contributed by atoms with Crippen LogP contribution in [0.3, 0.4) is 0 Å². The lowest BCUT2D eigenvalue weighted by atomic mass is 10.1. The van der Waals surface area contributed by atoms with Gasteiger partial charge < -0.3 is 9.13 Å². The number of hydrogen-bond donors (Lipinski definition) is 0. The topological polar surface area (TPSA) is 81.2 Å². The highest BCUT2D eigenvalue weighted by atomic mass is 15.0. The van der Waals surface area contributed by atoms with E-state index in [0.29, 0.717) is 22.4 Å². The molecule has 0 N–H and O–H groups in total. The molecule has 174 valence electrons. The Hall–Kier alpha value is -5.83. The quantitative estimate of drug-likeness (QED) is 0.255. The Labute approximate surface area is 217 Å².